The van der Waals surface area contributed by atoms with Gasteiger partial charge in [-0.15, -0.1) is 0 Å². The second kappa shape index (κ2) is 3.69. The van der Waals surface area contributed by atoms with Crippen molar-refractivity contribution in [1.82, 2.24) is 15.2 Å². The molecular formula is C12H9FN4O. The van der Waals surface area contributed by atoms with Gasteiger partial charge in [0.1, 0.15) is 0 Å². The monoisotopic (exact) mass is 244 g/mol. The van der Waals surface area contributed by atoms with Crippen LogP contribution in [0.1, 0.15) is 0 Å². The van der Waals surface area contributed by atoms with Gasteiger partial charge < -0.3 is 5.73 Å². The van der Waals surface area contributed by atoms with Crippen LogP contribution in [-0.4, -0.2) is 15.2 Å². The molecule has 0 radical (unpaired) electrons. The normalized spacial score (nSPS) is 10.9. The maximum atomic E-state index is 13.1. The summed E-state index contributed by atoms with van der Waals surface area (Å²) >= 11 is 0. The third-order valence-electron chi connectivity index (χ3n) is 2.74. The van der Waals surface area contributed by atoms with Crippen molar-refractivity contribution in [1.29, 1.82) is 0 Å². The second-order valence-electron chi connectivity index (χ2n) is 3.95. The molecule has 0 aliphatic heterocycles. The quantitative estimate of drug-likeness (QED) is 0.568. The minimum absolute atomic E-state index is 0.411. The van der Waals surface area contributed by atoms with E-state index in [-0.39, 0.29) is 0 Å². The van der Waals surface area contributed by atoms with E-state index in [0.29, 0.717) is 11.4 Å². The van der Waals surface area contributed by atoms with Crippen molar-refractivity contribution in [2.75, 3.05) is 5.73 Å². The Morgan fingerprint density at radius 1 is 1.17 bits per heavy atom. The number of aromatic amines is 2. The van der Waals surface area contributed by atoms with E-state index >= 15 is 0 Å². The highest BCUT2D eigenvalue weighted by atomic mass is 19.1. The minimum Gasteiger partial charge on any atom is -0.382 e. The van der Waals surface area contributed by atoms with E-state index in [4.69, 9.17) is 5.73 Å². The highest BCUT2D eigenvalue weighted by molar-refractivity contribution is 5.91. The Morgan fingerprint density at radius 3 is 2.78 bits per heavy atom. The molecule has 0 saturated carbocycles. The lowest BCUT2D eigenvalue weighted by Gasteiger charge is -2.01. The highest BCUT2D eigenvalue weighted by Crippen LogP contribution is 2.25. The lowest BCUT2D eigenvalue weighted by Crippen LogP contribution is -2.06. The number of nitrogens with two attached hydrogens (primary N) is 1. The van der Waals surface area contributed by atoms with Crippen molar-refractivity contribution in [3.05, 3.63) is 46.6 Å². The number of hydrogen-bond acceptors (Lipinski definition) is 3. The van der Waals surface area contributed by atoms with Crippen molar-refractivity contribution in [2.24, 2.45) is 0 Å². The summed E-state index contributed by atoms with van der Waals surface area (Å²) in [6.07, 6.45) is 0. The van der Waals surface area contributed by atoms with Gasteiger partial charge in [0, 0.05) is 11.5 Å². The number of H-pyrrole nitrogens is 2. The standard InChI is InChI=1S/C12H9FN4O/c13-10-4-7(5-11(18)15-10)6-1-2-8-9(3-6)16-17-12(8)14/h1-5H,(H,15,18)(H3,14,16,17). The predicted molar refractivity (Wildman–Crippen MR) is 66.5 cm³/mol. The van der Waals surface area contributed by atoms with E-state index in [0.717, 1.165) is 16.5 Å². The van der Waals surface area contributed by atoms with Gasteiger partial charge >= 0.3 is 0 Å². The lowest BCUT2D eigenvalue weighted by molar-refractivity contribution is 0.580. The van der Waals surface area contributed by atoms with Gasteiger partial charge in [-0.25, -0.2) is 0 Å². The van der Waals surface area contributed by atoms with Gasteiger partial charge in [0.2, 0.25) is 0 Å². The average Bonchev–Trinajstić information content (AvgIpc) is 2.69. The largest absolute Gasteiger partial charge is 0.382 e. The van der Waals surface area contributed by atoms with Crippen molar-refractivity contribution in [2.45, 2.75) is 0 Å². The molecule has 0 bridgehead atoms. The molecule has 18 heavy (non-hydrogen) atoms. The number of rotatable bonds is 1. The van der Waals surface area contributed by atoms with Crippen molar-refractivity contribution in [3.8, 4) is 11.1 Å². The smallest absolute Gasteiger partial charge is 0.250 e. The topological polar surface area (TPSA) is 87.6 Å². The molecule has 2 heterocycles. The first-order chi connectivity index (χ1) is 8.63. The SMILES string of the molecule is Nc1n[nH]c2cc(-c3cc(F)[nH]c(=O)c3)ccc12. The molecule has 3 rings (SSSR count). The number of nitrogens with one attached hydrogen (secondary N) is 2. The van der Waals surface area contributed by atoms with Crippen LogP contribution >= 0.6 is 0 Å². The van der Waals surface area contributed by atoms with E-state index in [1.165, 1.54) is 12.1 Å². The average molecular weight is 244 g/mol. The Bertz CT molecular complexity index is 790. The van der Waals surface area contributed by atoms with E-state index < -0.39 is 11.5 Å². The number of aromatic nitrogens is 3. The molecule has 0 aliphatic rings. The Morgan fingerprint density at radius 2 is 2.00 bits per heavy atom. The van der Waals surface area contributed by atoms with Crippen LogP contribution in [0.2, 0.25) is 0 Å². The fraction of sp³-hybridized carbons (Fsp3) is 0. The summed E-state index contributed by atoms with van der Waals surface area (Å²) in [4.78, 5) is 13.3. The number of halogens is 1. The van der Waals surface area contributed by atoms with Crippen LogP contribution in [-0.2, 0) is 0 Å². The van der Waals surface area contributed by atoms with Gasteiger partial charge in [-0.2, -0.15) is 9.49 Å². The summed E-state index contributed by atoms with van der Waals surface area (Å²) in [5.41, 5.74) is 7.14. The summed E-state index contributed by atoms with van der Waals surface area (Å²) in [7, 11) is 0. The maximum Gasteiger partial charge on any atom is 0.250 e. The van der Waals surface area contributed by atoms with Crippen molar-refractivity contribution >= 4 is 16.7 Å². The molecule has 6 heteroatoms. The van der Waals surface area contributed by atoms with Crippen LogP contribution < -0.4 is 11.3 Å². The molecule has 5 nitrogen and oxygen atoms in total. The number of pyridine rings is 1. The zero-order chi connectivity index (χ0) is 12.7. The van der Waals surface area contributed by atoms with Gasteiger partial charge in [-0.1, -0.05) is 6.07 Å². The van der Waals surface area contributed by atoms with E-state index in [1.807, 2.05) is 0 Å². The van der Waals surface area contributed by atoms with Gasteiger partial charge in [-0.3, -0.25) is 14.9 Å². The zero-order valence-electron chi connectivity index (χ0n) is 9.20. The number of benzene rings is 1. The summed E-state index contributed by atoms with van der Waals surface area (Å²) in [6.45, 7) is 0. The lowest BCUT2D eigenvalue weighted by atomic mass is 10.1. The number of nitrogens with zero attached hydrogens (tertiary/aromatic N) is 1. The first-order valence-corrected chi connectivity index (χ1v) is 5.27. The van der Waals surface area contributed by atoms with E-state index in [1.54, 1.807) is 18.2 Å². The van der Waals surface area contributed by atoms with Gasteiger partial charge in [0.15, 0.2) is 11.8 Å². The molecule has 0 unspecified atom stereocenters. The molecule has 0 atom stereocenters. The second-order valence-corrected chi connectivity index (χ2v) is 3.95. The Kier molecular flexibility index (Phi) is 2.16. The van der Waals surface area contributed by atoms with Gasteiger partial charge in [0.25, 0.3) is 5.56 Å². The first-order valence-electron chi connectivity index (χ1n) is 5.27. The molecule has 0 fully saturated rings. The summed E-state index contributed by atoms with van der Waals surface area (Å²) in [5, 5.41) is 7.44. The van der Waals surface area contributed by atoms with Crippen molar-refractivity contribution in [3.63, 3.8) is 0 Å². The van der Waals surface area contributed by atoms with Crippen LogP contribution in [0.25, 0.3) is 22.0 Å². The Hall–Kier alpha value is -2.63. The molecule has 0 amide bonds. The fourth-order valence-electron chi connectivity index (χ4n) is 1.90. The third kappa shape index (κ3) is 1.64. The van der Waals surface area contributed by atoms with E-state index in [2.05, 4.69) is 15.2 Å². The molecule has 1 aromatic carbocycles. The summed E-state index contributed by atoms with van der Waals surface area (Å²) in [6, 6.07) is 7.92. The van der Waals surface area contributed by atoms with Crippen molar-refractivity contribution < 1.29 is 4.39 Å². The Labute approximate surface area is 100 Å². The summed E-state index contributed by atoms with van der Waals surface area (Å²) in [5.74, 6) is -0.254. The minimum atomic E-state index is -0.665. The van der Waals surface area contributed by atoms with Crippen LogP contribution in [0, 0.1) is 5.95 Å². The molecule has 90 valence electrons. The number of nitrogen functional groups attached to an aromatic ring is 1. The number of fused-ring (bicyclic) bond motifs is 1. The van der Waals surface area contributed by atoms with Gasteiger partial charge in [-0.05, 0) is 29.3 Å². The zero-order valence-corrected chi connectivity index (χ0v) is 9.20. The first kappa shape index (κ1) is 10.5. The molecule has 3 aromatic rings. The molecule has 0 saturated heterocycles. The van der Waals surface area contributed by atoms with Crippen LogP contribution in [0.15, 0.2) is 35.1 Å². The highest BCUT2D eigenvalue weighted by Gasteiger charge is 2.06. The number of hydrogen-bond donors (Lipinski definition) is 3. The molecule has 4 N–H and O–H groups in total. The van der Waals surface area contributed by atoms with Crippen LogP contribution in [0.4, 0.5) is 10.2 Å². The molecule has 0 aliphatic carbocycles. The van der Waals surface area contributed by atoms with E-state index in [9.17, 15) is 9.18 Å². The van der Waals surface area contributed by atoms with Crippen LogP contribution in [0.5, 0.6) is 0 Å². The summed E-state index contributed by atoms with van der Waals surface area (Å²) < 4.78 is 13.1. The predicted octanol–water partition coefficient (Wildman–Crippen LogP) is 1.64. The van der Waals surface area contributed by atoms with Crippen LogP contribution in [0.3, 0.4) is 0 Å². The Balaban J connectivity index is 2.22. The number of anilines is 1. The molecule has 0 spiro atoms. The third-order valence-corrected chi connectivity index (χ3v) is 2.74. The fourth-order valence-corrected chi connectivity index (χ4v) is 1.90. The maximum absolute atomic E-state index is 13.1. The molecular weight excluding hydrogens is 235 g/mol. The van der Waals surface area contributed by atoms with Gasteiger partial charge in [0.05, 0.1) is 5.52 Å². The molecule has 2 aromatic heterocycles.